The molecular weight excluding hydrogens is 408 g/mol. The van der Waals surface area contributed by atoms with E-state index < -0.39 is 29.0 Å². The Morgan fingerprint density at radius 1 is 1.10 bits per heavy atom. The van der Waals surface area contributed by atoms with Gasteiger partial charge in [-0.1, -0.05) is 12.1 Å². The summed E-state index contributed by atoms with van der Waals surface area (Å²) < 4.78 is 21.2. The third kappa shape index (κ3) is 4.84. The lowest BCUT2D eigenvalue weighted by molar-refractivity contribution is -0.141. The Hall–Kier alpha value is -3.85. The minimum absolute atomic E-state index is 0.0150. The summed E-state index contributed by atoms with van der Waals surface area (Å²) in [5.74, 6) is -2.76. The largest absolute Gasteiger partial charge is 0.502 e. The lowest BCUT2D eigenvalue weighted by atomic mass is 9.98. The van der Waals surface area contributed by atoms with Crippen LogP contribution in [0.15, 0.2) is 56.1 Å². The number of furan rings is 1. The number of ether oxygens (including phenoxy) is 2. The summed E-state index contributed by atoms with van der Waals surface area (Å²) in [5.41, 5.74) is -0.108. The van der Waals surface area contributed by atoms with Crippen molar-refractivity contribution in [2.45, 2.75) is 18.9 Å². The van der Waals surface area contributed by atoms with Gasteiger partial charge in [0.1, 0.15) is 23.9 Å². The molecule has 162 valence electrons. The number of carboxylic acids is 1. The van der Waals surface area contributed by atoms with Gasteiger partial charge in [0.05, 0.1) is 25.0 Å². The molecule has 1 atom stereocenters. The molecule has 0 radical (unpaired) electrons. The molecule has 0 fully saturated rings. The summed E-state index contributed by atoms with van der Waals surface area (Å²) in [5, 5.41) is 19.5. The van der Waals surface area contributed by atoms with Crippen molar-refractivity contribution in [3.8, 4) is 17.1 Å². The van der Waals surface area contributed by atoms with Crippen LogP contribution in [0.2, 0.25) is 0 Å². The van der Waals surface area contributed by atoms with Crippen LogP contribution >= 0.6 is 0 Å². The van der Waals surface area contributed by atoms with E-state index in [1.54, 1.807) is 24.3 Å². The number of carboxylic acid groups (broad SMARTS) is 1. The quantitative estimate of drug-likeness (QED) is 0.518. The smallest absolute Gasteiger partial charge is 0.335 e. The van der Waals surface area contributed by atoms with Crippen LogP contribution in [-0.2, 0) is 20.9 Å². The van der Waals surface area contributed by atoms with E-state index in [-0.39, 0.29) is 35.9 Å². The second-order valence-corrected chi connectivity index (χ2v) is 6.64. The van der Waals surface area contributed by atoms with Gasteiger partial charge in [0.25, 0.3) is 0 Å². The molecule has 3 rings (SSSR count). The van der Waals surface area contributed by atoms with Crippen molar-refractivity contribution in [1.82, 2.24) is 0 Å². The van der Waals surface area contributed by atoms with E-state index in [1.165, 1.54) is 26.4 Å². The van der Waals surface area contributed by atoms with E-state index in [0.29, 0.717) is 11.3 Å². The number of rotatable bonds is 8. The molecule has 1 aromatic carbocycles. The molecule has 0 bridgehead atoms. The molecule has 0 unspecified atom stereocenters. The molecular formula is C22H20O9. The molecule has 0 spiro atoms. The van der Waals surface area contributed by atoms with Gasteiger partial charge in [-0.05, 0) is 24.3 Å². The Morgan fingerprint density at radius 3 is 2.55 bits per heavy atom. The van der Waals surface area contributed by atoms with Gasteiger partial charge in [0.2, 0.25) is 11.2 Å². The molecule has 9 heteroatoms. The summed E-state index contributed by atoms with van der Waals surface area (Å²) in [7, 11) is 2.63. The molecule has 3 aromatic rings. The third-order valence-corrected chi connectivity index (χ3v) is 4.57. The predicted molar refractivity (Wildman–Crippen MR) is 107 cm³/mol. The predicted octanol–water partition coefficient (Wildman–Crippen LogP) is 3.15. The lowest BCUT2D eigenvalue weighted by Crippen LogP contribution is -2.13. The molecule has 0 aliphatic carbocycles. The monoisotopic (exact) mass is 428 g/mol. The number of carbonyl (C=O) groups excluding carboxylic acids is 1. The van der Waals surface area contributed by atoms with E-state index in [0.717, 1.165) is 6.07 Å². The van der Waals surface area contributed by atoms with Crippen molar-refractivity contribution in [3.63, 3.8) is 0 Å². The normalized spacial score (nSPS) is 11.8. The van der Waals surface area contributed by atoms with Gasteiger partial charge in [-0.25, -0.2) is 4.79 Å². The van der Waals surface area contributed by atoms with Crippen LogP contribution in [0.4, 0.5) is 0 Å². The molecule has 2 N–H and O–H groups in total. The number of aromatic carboxylic acids is 1. The average Bonchev–Trinajstić information content (AvgIpc) is 3.24. The Balaban J connectivity index is 2.07. The molecule has 0 aliphatic rings. The Labute approximate surface area is 176 Å². The third-order valence-electron chi connectivity index (χ3n) is 4.57. The van der Waals surface area contributed by atoms with Gasteiger partial charge in [0.15, 0.2) is 5.76 Å². The zero-order valence-electron chi connectivity index (χ0n) is 16.8. The highest BCUT2D eigenvalue weighted by atomic mass is 16.5. The fraction of sp³-hybridized carbons (Fsp3) is 0.227. The first-order chi connectivity index (χ1) is 14.8. The summed E-state index contributed by atoms with van der Waals surface area (Å²) >= 11 is 0. The molecule has 0 saturated heterocycles. The van der Waals surface area contributed by atoms with Crippen LogP contribution in [0.25, 0.3) is 11.3 Å². The van der Waals surface area contributed by atoms with Crippen LogP contribution in [-0.4, -0.2) is 36.4 Å². The first-order valence-corrected chi connectivity index (χ1v) is 9.19. The van der Waals surface area contributed by atoms with Crippen LogP contribution < -0.4 is 5.43 Å². The van der Waals surface area contributed by atoms with Gasteiger partial charge >= 0.3 is 11.9 Å². The first kappa shape index (κ1) is 21.8. The van der Waals surface area contributed by atoms with E-state index in [1.807, 2.05) is 0 Å². The fourth-order valence-corrected chi connectivity index (χ4v) is 3.08. The number of methoxy groups -OCH3 is 2. The maximum atomic E-state index is 12.2. The van der Waals surface area contributed by atoms with E-state index in [9.17, 15) is 24.6 Å². The summed E-state index contributed by atoms with van der Waals surface area (Å²) in [6, 6.07) is 10.4. The van der Waals surface area contributed by atoms with Crippen LogP contribution in [0.5, 0.6) is 5.75 Å². The van der Waals surface area contributed by atoms with Gasteiger partial charge in [-0.15, -0.1) is 0 Å². The van der Waals surface area contributed by atoms with Gasteiger partial charge in [-0.2, -0.15) is 0 Å². The Kier molecular flexibility index (Phi) is 6.56. The molecule has 2 heterocycles. The average molecular weight is 428 g/mol. The second-order valence-electron chi connectivity index (χ2n) is 6.64. The molecule has 0 amide bonds. The number of aromatic hydroxyl groups is 1. The van der Waals surface area contributed by atoms with E-state index >= 15 is 0 Å². The number of esters is 1. The Bertz CT molecular complexity index is 1160. The highest BCUT2D eigenvalue weighted by Gasteiger charge is 2.29. The molecule has 9 nitrogen and oxygen atoms in total. The highest BCUT2D eigenvalue weighted by Crippen LogP contribution is 2.36. The molecule has 0 aliphatic heterocycles. The number of benzene rings is 1. The highest BCUT2D eigenvalue weighted by molar-refractivity contribution is 5.89. The minimum atomic E-state index is -1.08. The van der Waals surface area contributed by atoms with E-state index in [2.05, 4.69) is 0 Å². The van der Waals surface area contributed by atoms with Gasteiger partial charge < -0.3 is 28.5 Å². The fourth-order valence-electron chi connectivity index (χ4n) is 3.08. The number of hydrogen-bond acceptors (Lipinski definition) is 8. The topological polar surface area (TPSA) is 136 Å². The van der Waals surface area contributed by atoms with Crippen molar-refractivity contribution in [3.05, 3.63) is 75.5 Å². The maximum absolute atomic E-state index is 12.2. The summed E-state index contributed by atoms with van der Waals surface area (Å²) in [4.78, 5) is 35.4. The van der Waals surface area contributed by atoms with Gasteiger partial charge in [0, 0.05) is 18.7 Å². The minimum Gasteiger partial charge on any atom is -0.502 e. The van der Waals surface area contributed by atoms with Crippen molar-refractivity contribution in [1.29, 1.82) is 0 Å². The second kappa shape index (κ2) is 9.31. The van der Waals surface area contributed by atoms with Crippen molar-refractivity contribution in [2.75, 3.05) is 14.2 Å². The van der Waals surface area contributed by atoms with Crippen LogP contribution in [0.1, 0.15) is 40.0 Å². The maximum Gasteiger partial charge on any atom is 0.335 e. The van der Waals surface area contributed by atoms with Crippen molar-refractivity contribution >= 4 is 11.9 Å². The number of carbonyl (C=O) groups is 2. The van der Waals surface area contributed by atoms with Crippen molar-refractivity contribution in [2.24, 2.45) is 0 Å². The molecule has 0 saturated carbocycles. The summed E-state index contributed by atoms with van der Waals surface area (Å²) in [6.07, 6.45) is -0.272. The van der Waals surface area contributed by atoms with Crippen LogP contribution in [0, 0.1) is 0 Å². The van der Waals surface area contributed by atoms with Crippen molar-refractivity contribution < 1.29 is 38.1 Å². The first-order valence-electron chi connectivity index (χ1n) is 9.19. The number of hydrogen-bond donors (Lipinski definition) is 2. The van der Waals surface area contributed by atoms with Gasteiger partial charge in [-0.3, -0.25) is 9.59 Å². The molecule has 2 aromatic heterocycles. The summed E-state index contributed by atoms with van der Waals surface area (Å²) in [6.45, 7) is -0.0150. The molecule has 31 heavy (non-hydrogen) atoms. The SMILES string of the molecule is COCc1cc(=O)c(O)c([C@@H](CC(=O)OC)c2ccc(-c3cccc(C(=O)O)c3)o2)o1. The zero-order valence-corrected chi connectivity index (χ0v) is 16.8. The van der Waals surface area contributed by atoms with E-state index in [4.69, 9.17) is 18.3 Å². The van der Waals surface area contributed by atoms with Crippen LogP contribution in [0.3, 0.4) is 0 Å². The standard InChI is InChI=1S/C22H20O9/c1-28-11-14-9-16(23)20(25)21(30-14)15(10-19(24)29-2)18-7-6-17(31-18)12-4-3-5-13(8-12)22(26)27/h3-9,15,25H,10-11H2,1-2H3,(H,26,27)/t15-/m0/s1. The zero-order chi connectivity index (χ0) is 22.5. The Morgan fingerprint density at radius 2 is 1.87 bits per heavy atom. The lowest BCUT2D eigenvalue weighted by Gasteiger charge is -2.15.